The molecule has 2 aliphatic rings. The SMILES string of the molecule is CC(C)OCCN1C(=O)C(c2ccccc2)=C(N2CCCC2)C1=O. The van der Waals surface area contributed by atoms with E-state index in [1.54, 1.807) is 0 Å². The molecule has 2 amide bonds. The van der Waals surface area contributed by atoms with E-state index in [9.17, 15) is 9.59 Å². The van der Waals surface area contributed by atoms with Crippen LogP contribution in [0.3, 0.4) is 0 Å². The Morgan fingerprint density at radius 3 is 2.33 bits per heavy atom. The molecule has 1 aromatic carbocycles. The maximum absolute atomic E-state index is 12.9. The highest BCUT2D eigenvalue weighted by Crippen LogP contribution is 2.33. The van der Waals surface area contributed by atoms with Crippen LogP contribution in [0.25, 0.3) is 5.57 Å². The van der Waals surface area contributed by atoms with Gasteiger partial charge >= 0.3 is 0 Å². The van der Waals surface area contributed by atoms with Gasteiger partial charge in [0.25, 0.3) is 11.8 Å². The fourth-order valence-electron chi connectivity index (χ4n) is 3.25. The number of amides is 2. The fraction of sp³-hybridized carbons (Fsp3) is 0.474. The van der Waals surface area contributed by atoms with Gasteiger partial charge in [0.05, 0.1) is 24.8 Å². The Balaban J connectivity index is 1.90. The Morgan fingerprint density at radius 1 is 1.04 bits per heavy atom. The van der Waals surface area contributed by atoms with Gasteiger partial charge < -0.3 is 9.64 Å². The number of nitrogens with zero attached hydrogens (tertiary/aromatic N) is 2. The lowest BCUT2D eigenvalue weighted by molar-refractivity contribution is -0.138. The number of benzene rings is 1. The molecule has 1 fully saturated rings. The van der Waals surface area contributed by atoms with Gasteiger partial charge in [-0.2, -0.15) is 0 Å². The van der Waals surface area contributed by atoms with Crippen molar-refractivity contribution in [3.8, 4) is 0 Å². The molecule has 1 aromatic rings. The number of hydrogen-bond acceptors (Lipinski definition) is 4. The van der Waals surface area contributed by atoms with E-state index in [0.29, 0.717) is 24.4 Å². The number of carbonyl (C=O) groups is 2. The smallest absolute Gasteiger partial charge is 0.277 e. The molecule has 128 valence electrons. The van der Waals surface area contributed by atoms with E-state index in [-0.39, 0.29) is 17.9 Å². The van der Waals surface area contributed by atoms with Crippen molar-refractivity contribution in [2.75, 3.05) is 26.2 Å². The normalized spacial score (nSPS) is 18.5. The van der Waals surface area contributed by atoms with Gasteiger partial charge in [0, 0.05) is 13.1 Å². The van der Waals surface area contributed by atoms with E-state index in [1.807, 2.05) is 44.2 Å². The van der Waals surface area contributed by atoms with Crippen LogP contribution in [-0.2, 0) is 14.3 Å². The summed E-state index contributed by atoms with van der Waals surface area (Å²) in [6.07, 6.45) is 2.20. The van der Waals surface area contributed by atoms with Crippen LogP contribution in [0.5, 0.6) is 0 Å². The second kappa shape index (κ2) is 7.18. The molecule has 3 rings (SSSR count). The second-order valence-corrected chi connectivity index (χ2v) is 6.47. The zero-order chi connectivity index (χ0) is 17.1. The number of imide groups is 1. The maximum Gasteiger partial charge on any atom is 0.277 e. The van der Waals surface area contributed by atoms with Crippen molar-refractivity contribution in [2.24, 2.45) is 0 Å². The van der Waals surface area contributed by atoms with E-state index < -0.39 is 0 Å². The highest BCUT2D eigenvalue weighted by atomic mass is 16.5. The third kappa shape index (κ3) is 3.22. The minimum Gasteiger partial charge on any atom is -0.377 e. The Hall–Kier alpha value is -2.14. The highest BCUT2D eigenvalue weighted by Gasteiger charge is 2.41. The van der Waals surface area contributed by atoms with E-state index in [4.69, 9.17) is 4.74 Å². The minimum absolute atomic E-state index is 0.0809. The fourth-order valence-corrected chi connectivity index (χ4v) is 3.25. The number of likely N-dealkylation sites (tertiary alicyclic amines) is 1. The molecule has 0 bridgehead atoms. The molecule has 0 atom stereocenters. The zero-order valence-electron chi connectivity index (χ0n) is 14.3. The second-order valence-electron chi connectivity index (χ2n) is 6.47. The van der Waals surface area contributed by atoms with Crippen LogP contribution in [0.4, 0.5) is 0 Å². The van der Waals surface area contributed by atoms with Gasteiger partial charge in [-0.25, -0.2) is 0 Å². The molecule has 0 radical (unpaired) electrons. The molecular formula is C19H24N2O3. The summed E-state index contributed by atoms with van der Waals surface area (Å²) in [7, 11) is 0. The van der Waals surface area contributed by atoms with Crippen molar-refractivity contribution in [3.05, 3.63) is 41.6 Å². The number of hydrogen-bond donors (Lipinski definition) is 0. The van der Waals surface area contributed by atoms with Gasteiger partial charge in [-0.05, 0) is 32.3 Å². The molecule has 0 aromatic heterocycles. The van der Waals surface area contributed by atoms with Crippen LogP contribution in [0, 0.1) is 0 Å². The molecule has 1 saturated heterocycles. The first kappa shape index (κ1) is 16.7. The molecule has 0 unspecified atom stereocenters. The first-order valence-corrected chi connectivity index (χ1v) is 8.62. The van der Waals surface area contributed by atoms with Crippen LogP contribution < -0.4 is 0 Å². The zero-order valence-corrected chi connectivity index (χ0v) is 14.3. The summed E-state index contributed by atoms with van der Waals surface area (Å²) in [6, 6.07) is 9.49. The molecule has 0 saturated carbocycles. The lowest BCUT2D eigenvalue weighted by Crippen LogP contribution is -2.37. The Morgan fingerprint density at radius 2 is 1.71 bits per heavy atom. The largest absolute Gasteiger partial charge is 0.377 e. The van der Waals surface area contributed by atoms with Gasteiger partial charge in [0.2, 0.25) is 0 Å². The van der Waals surface area contributed by atoms with Crippen molar-refractivity contribution < 1.29 is 14.3 Å². The lowest BCUT2D eigenvalue weighted by atomic mass is 10.0. The lowest BCUT2D eigenvalue weighted by Gasteiger charge is -2.20. The van der Waals surface area contributed by atoms with Crippen molar-refractivity contribution in [1.29, 1.82) is 0 Å². The third-order valence-electron chi connectivity index (χ3n) is 4.39. The molecule has 0 aliphatic carbocycles. The molecule has 5 heteroatoms. The summed E-state index contributed by atoms with van der Waals surface area (Å²) >= 11 is 0. The van der Waals surface area contributed by atoms with E-state index in [2.05, 4.69) is 4.90 Å². The van der Waals surface area contributed by atoms with Crippen LogP contribution in [0.2, 0.25) is 0 Å². The van der Waals surface area contributed by atoms with Crippen LogP contribution in [0.1, 0.15) is 32.3 Å². The van der Waals surface area contributed by atoms with E-state index in [1.165, 1.54) is 4.90 Å². The topological polar surface area (TPSA) is 49.9 Å². The quantitative estimate of drug-likeness (QED) is 0.752. The molecular weight excluding hydrogens is 304 g/mol. The summed E-state index contributed by atoms with van der Waals surface area (Å²) in [6.45, 7) is 6.21. The summed E-state index contributed by atoms with van der Waals surface area (Å²) in [5, 5.41) is 0. The van der Waals surface area contributed by atoms with Crippen molar-refractivity contribution >= 4 is 17.4 Å². The van der Waals surface area contributed by atoms with Gasteiger partial charge in [-0.1, -0.05) is 30.3 Å². The summed E-state index contributed by atoms with van der Waals surface area (Å²) in [4.78, 5) is 29.2. The number of ether oxygens (including phenoxy) is 1. The van der Waals surface area contributed by atoms with Crippen LogP contribution in [-0.4, -0.2) is 54.0 Å². The molecule has 2 aliphatic heterocycles. The average Bonchev–Trinajstić information content (AvgIpc) is 3.17. The Kier molecular flexibility index (Phi) is 5.00. The van der Waals surface area contributed by atoms with Gasteiger partial charge in [-0.3, -0.25) is 14.5 Å². The van der Waals surface area contributed by atoms with Gasteiger partial charge in [0.15, 0.2) is 0 Å². The van der Waals surface area contributed by atoms with Crippen LogP contribution in [0.15, 0.2) is 36.0 Å². The molecule has 2 heterocycles. The maximum atomic E-state index is 12.9. The Labute approximate surface area is 142 Å². The van der Waals surface area contributed by atoms with Gasteiger partial charge in [-0.15, -0.1) is 0 Å². The highest BCUT2D eigenvalue weighted by molar-refractivity contribution is 6.35. The predicted molar refractivity (Wildman–Crippen MR) is 92.0 cm³/mol. The first-order chi connectivity index (χ1) is 11.6. The Bertz CT molecular complexity index is 646. The number of rotatable bonds is 6. The molecule has 24 heavy (non-hydrogen) atoms. The first-order valence-electron chi connectivity index (χ1n) is 8.62. The molecule has 0 N–H and O–H groups in total. The summed E-state index contributed by atoms with van der Waals surface area (Å²) in [5.41, 5.74) is 1.91. The molecule has 5 nitrogen and oxygen atoms in total. The average molecular weight is 328 g/mol. The number of carbonyl (C=O) groups excluding carboxylic acids is 2. The molecule has 0 spiro atoms. The standard InChI is InChI=1S/C19H24N2O3/c1-14(2)24-13-12-21-18(22)16(15-8-4-3-5-9-15)17(19(21)23)20-10-6-7-11-20/h3-5,8-9,14H,6-7,10-13H2,1-2H3. The summed E-state index contributed by atoms with van der Waals surface area (Å²) in [5.74, 6) is -0.395. The predicted octanol–water partition coefficient (Wildman–Crippen LogP) is 2.29. The van der Waals surface area contributed by atoms with Crippen LogP contribution >= 0.6 is 0 Å². The monoisotopic (exact) mass is 328 g/mol. The third-order valence-corrected chi connectivity index (χ3v) is 4.39. The van der Waals surface area contributed by atoms with Gasteiger partial charge in [0.1, 0.15) is 5.70 Å². The van der Waals surface area contributed by atoms with Crippen molar-refractivity contribution in [1.82, 2.24) is 9.80 Å². The van der Waals surface area contributed by atoms with Crippen molar-refractivity contribution in [3.63, 3.8) is 0 Å². The minimum atomic E-state index is -0.208. The summed E-state index contributed by atoms with van der Waals surface area (Å²) < 4.78 is 5.52. The van der Waals surface area contributed by atoms with E-state index in [0.717, 1.165) is 31.5 Å². The van der Waals surface area contributed by atoms with E-state index >= 15 is 0 Å². The van der Waals surface area contributed by atoms with Crippen molar-refractivity contribution in [2.45, 2.75) is 32.8 Å².